The zero-order valence-corrected chi connectivity index (χ0v) is 20.0. The Bertz CT molecular complexity index is 1150. The summed E-state index contributed by atoms with van der Waals surface area (Å²) in [6.45, 7) is 1.48. The molecule has 2 heterocycles. The number of hydrogen-bond acceptors (Lipinski definition) is 6. The number of benzene rings is 1. The van der Waals surface area contributed by atoms with Crippen LogP contribution in [0.5, 0.6) is 0 Å². The van der Waals surface area contributed by atoms with Crippen LogP contribution in [0.4, 0.5) is 9.39 Å². The number of carbonyl (C=O) groups is 1. The van der Waals surface area contributed by atoms with Crippen LogP contribution in [0.3, 0.4) is 0 Å². The molecule has 2 aliphatic rings. The number of carbonyl (C=O) groups excluding carboxylic acids is 1. The molecule has 1 aromatic carbocycles. The first-order chi connectivity index (χ1) is 15.9. The first-order valence-electron chi connectivity index (χ1n) is 11.2. The van der Waals surface area contributed by atoms with Gasteiger partial charge in [0.15, 0.2) is 0 Å². The van der Waals surface area contributed by atoms with Crippen molar-refractivity contribution in [1.82, 2.24) is 9.21 Å². The number of anilines is 1. The topological polar surface area (TPSA) is 93.5 Å². The Morgan fingerprint density at radius 2 is 1.73 bits per heavy atom. The average Bonchev–Trinajstić information content (AvgIpc) is 3.09. The summed E-state index contributed by atoms with van der Waals surface area (Å²) in [4.78, 5) is 15.9. The van der Waals surface area contributed by atoms with Gasteiger partial charge in [0.1, 0.15) is 16.9 Å². The molecule has 1 N–H and O–H groups in total. The SMILES string of the molecule is N#Cc1c(NC(=O)CN2CCN(S(=O)(=O)c3ccc(F)cc3)CC2)sc2c1CCCCCC2. The van der Waals surface area contributed by atoms with Gasteiger partial charge < -0.3 is 5.32 Å². The van der Waals surface area contributed by atoms with Crippen LogP contribution in [-0.2, 0) is 27.7 Å². The lowest BCUT2D eigenvalue weighted by molar-refractivity contribution is -0.117. The third kappa shape index (κ3) is 5.44. The van der Waals surface area contributed by atoms with Crippen LogP contribution in [0.15, 0.2) is 29.2 Å². The standard InChI is InChI=1S/C23H27FN4O3S2/c24-17-7-9-18(10-8-17)33(30,31)28-13-11-27(12-14-28)16-22(29)26-23-20(15-25)19-5-3-1-2-4-6-21(19)32-23/h7-10H,1-6,11-14,16H2,(H,26,29). The second-order valence-corrected chi connectivity index (χ2v) is 11.5. The number of rotatable bonds is 5. The lowest BCUT2D eigenvalue weighted by atomic mass is 9.97. The van der Waals surface area contributed by atoms with E-state index < -0.39 is 15.8 Å². The van der Waals surface area contributed by atoms with Crippen LogP contribution >= 0.6 is 11.3 Å². The minimum absolute atomic E-state index is 0.0624. The smallest absolute Gasteiger partial charge is 0.243 e. The van der Waals surface area contributed by atoms with Crippen LogP contribution < -0.4 is 5.32 Å². The van der Waals surface area contributed by atoms with Gasteiger partial charge in [-0.25, -0.2) is 12.8 Å². The maximum atomic E-state index is 13.1. The molecular weight excluding hydrogens is 463 g/mol. The fraction of sp³-hybridized carbons (Fsp3) is 0.478. The summed E-state index contributed by atoms with van der Waals surface area (Å²) in [6, 6.07) is 7.09. The van der Waals surface area contributed by atoms with Crippen molar-refractivity contribution in [3.63, 3.8) is 0 Å². The third-order valence-electron chi connectivity index (χ3n) is 6.19. The van der Waals surface area contributed by atoms with Crippen molar-refractivity contribution in [2.24, 2.45) is 0 Å². The predicted molar refractivity (Wildman–Crippen MR) is 125 cm³/mol. The Labute approximate surface area is 197 Å². The van der Waals surface area contributed by atoms with E-state index >= 15 is 0 Å². The van der Waals surface area contributed by atoms with Crippen molar-refractivity contribution in [3.8, 4) is 6.07 Å². The van der Waals surface area contributed by atoms with Crippen LogP contribution in [0.1, 0.15) is 41.7 Å². The fourth-order valence-electron chi connectivity index (χ4n) is 4.38. The summed E-state index contributed by atoms with van der Waals surface area (Å²) in [5, 5.41) is 13.2. The van der Waals surface area contributed by atoms with Crippen LogP contribution in [0, 0.1) is 17.1 Å². The van der Waals surface area contributed by atoms with E-state index in [4.69, 9.17) is 0 Å². The van der Waals surface area contributed by atoms with Gasteiger partial charge in [0.25, 0.3) is 0 Å². The first kappa shape index (κ1) is 23.8. The van der Waals surface area contributed by atoms with Crippen LogP contribution in [0.25, 0.3) is 0 Å². The Hall–Kier alpha value is -2.32. The van der Waals surface area contributed by atoms with E-state index in [1.807, 2.05) is 4.90 Å². The second kappa shape index (κ2) is 10.3. The molecule has 1 aliphatic carbocycles. The molecule has 1 aliphatic heterocycles. The number of amides is 1. The number of hydrogen-bond donors (Lipinski definition) is 1. The van der Waals surface area contributed by atoms with E-state index in [-0.39, 0.29) is 30.4 Å². The summed E-state index contributed by atoms with van der Waals surface area (Å²) in [6.07, 6.45) is 6.38. The number of thiophene rings is 1. The molecule has 0 atom stereocenters. The summed E-state index contributed by atoms with van der Waals surface area (Å²) >= 11 is 1.51. The molecule has 176 valence electrons. The average molecular weight is 491 g/mol. The maximum Gasteiger partial charge on any atom is 0.243 e. The fourth-order valence-corrected chi connectivity index (χ4v) is 7.06. The highest BCUT2D eigenvalue weighted by molar-refractivity contribution is 7.89. The van der Waals surface area contributed by atoms with Crippen LogP contribution in [-0.4, -0.2) is 56.3 Å². The molecule has 7 nitrogen and oxygen atoms in total. The summed E-state index contributed by atoms with van der Waals surface area (Å²) in [7, 11) is -3.69. The molecule has 0 spiro atoms. The van der Waals surface area contributed by atoms with Crippen molar-refractivity contribution >= 4 is 32.3 Å². The zero-order valence-electron chi connectivity index (χ0n) is 18.3. The maximum absolute atomic E-state index is 13.1. The monoisotopic (exact) mass is 490 g/mol. The third-order valence-corrected chi connectivity index (χ3v) is 9.31. The highest BCUT2D eigenvalue weighted by Crippen LogP contribution is 2.36. The molecule has 0 saturated carbocycles. The molecule has 0 radical (unpaired) electrons. The van der Waals surface area contributed by atoms with Crippen molar-refractivity contribution in [2.45, 2.75) is 43.4 Å². The van der Waals surface area contributed by atoms with Gasteiger partial charge in [0, 0.05) is 31.1 Å². The van der Waals surface area contributed by atoms with Gasteiger partial charge in [-0.3, -0.25) is 9.69 Å². The highest BCUT2D eigenvalue weighted by atomic mass is 32.2. The largest absolute Gasteiger partial charge is 0.315 e. The van der Waals surface area contributed by atoms with E-state index in [2.05, 4.69) is 11.4 Å². The molecule has 33 heavy (non-hydrogen) atoms. The highest BCUT2D eigenvalue weighted by Gasteiger charge is 2.29. The molecule has 1 saturated heterocycles. The molecule has 1 fully saturated rings. The van der Waals surface area contributed by atoms with Crippen molar-refractivity contribution in [1.29, 1.82) is 5.26 Å². The number of nitrogens with one attached hydrogen (secondary N) is 1. The number of nitriles is 1. The molecule has 0 bridgehead atoms. The summed E-state index contributed by atoms with van der Waals surface area (Å²) in [5.74, 6) is -0.683. The van der Waals surface area contributed by atoms with Gasteiger partial charge in [-0.1, -0.05) is 12.8 Å². The number of aryl methyl sites for hydroxylation is 1. The summed E-state index contributed by atoms with van der Waals surface area (Å²) < 4.78 is 40.0. The normalized spacial score (nSPS) is 18.1. The summed E-state index contributed by atoms with van der Waals surface area (Å²) in [5.41, 5.74) is 1.69. The Balaban J connectivity index is 1.35. The van der Waals surface area contributed by atoms with Crippen molar-refractivity contribution < 1.29 is 17.6 Å². The minimum atomic E-state index is -3.69. The Morgan fingerprint density at radius 3 is 2.39 bits per heavy atom. The van der Waals surface area contributed by atoms with Crippen molar-refractivity contribution in [2.75, 3.05) is 38.0 Å². The predicted octanol–water partition coefficient (Wildman–Crippen LogP) is 3.36. The van der Waals surface area contributed by atoms with E-state index in [1.54, 1.807) is 0 Å². The van der Waals surface area contributed by atoms with Gasteiger partial charge in [-0.05, 0) is 55.5 Å². The number of nitrogens with zero attached hydrogens (tertiary/aromatic N) is 3. The number of halogens is 1. The van der Waals surface area contributed by atoms with Gasteiger partial charge in [-0.2, -0.15) is 9.57 Å². The molecule has 2 aromatic rings. The number of fused-ring (bicyclic) bond motifs is 1. The molecular formula is C23H27FN4O3S2. The molecule has 0 unspecified atom stereocenters. The molecule has 1 aromatic heterocycles. The van der Waals surface area contributed by atoms with Gasteiger partial charge >= 0.3 is 0 Å². The van der Waals surface area contributed by atoms with Gasteiger partial charge in [0.05, 0.1) is 17.0 Å². The van der Waals surface area contributed by atoms with Gasteiger partial charge in [0.2, 0.25) is 15.9 Å². The number of sulfonamides is 1. The first-order valence-corrected chi connectivity index (χ1v) is 13.5. The van der Waals surface area contributed by atoms with Crippen molar-refractivity contribution in [3.05, 3.63) is 46.1 Å². The lowest BCUT2D eigenvalue weighted by Gasteiger charge is -2.33. The molecule has 10 heteroatoms. The van der Waals surface area contributed by atoms with E-state index in [0.29, 0.717) is 23.7 Å². The van der Waals surface area contributed by atoms with E-state index in [0.717, 1.165) is 43.4 Å². The zero-order chi connectivity index (χ0) is 23.4. The second-order valence-electron chi connectivity index (χ2n) is 8.42. The minimum Gasteiger partial charge on any atom is -0.315 e. The Morgan fingerprint density at radius 1 is 1.06 bits per heavy atom. The molecule has 1 amide bonds. The quantitative estimate of drug-likeness (QED) is 0.694. The Kier molecular flexibility index (Phi) is 7.44. The van der Waals surface area contributed by atoms with E-state index in [1.165, 1.54) is 45.5 Å². The van der Waals surface area contributed by atoms with E-state index in [9.17, 15) is 22.9 Å². The lowest BCUT2D eigenvalue weighted by Crippen LogP contribution is -2.50. The number of piperazine rings is 1. The van der Waals surface area contributed by atoms with Gasteiger partial charge in [-0.15, -0.1) is 11.3 Å². The molecule has 4 rings (SSSR count). The van der Waals surface area contributed by atoms with Crippen LogP contribution in [0.2, 0.25) is 0 Å².